The van der Waals surface area contributed by atoms with Gasteiger partial charge in [0, 0.05) is 36.7 Å². The summed E-state index contributed by atoms with van der Waals surface area (Å²) >= 11 is 0. The molecule has 0 aliphatic rings. The molecule has 2 heterocycles. The average molecular weight is 271 g/mol. The fourth-order valence-corrected chi connectivity index (χ4v) is 1.81. The fraction of sp³-hybridized carbons (Fsp3) is 0.214. The summed E-state index contributed by atoms with van der Waals surface area (Å²) < 4.78 is 0. The van der Waals surface area contributed by atoms with Gasteiger partial charge >= 0.3 is 0 Å². The number of nitrogens with two attached hydrogens (primary N) is 1. The second kappa shape index (κ2) is 6.63. The first-order valence-electron chi connectivity index (χ1n) is 6.32. The van der Waals surface area contributed by atoms with Crippen molar-refractivity contribution in [2.45, 2.75) is 13.3 Å². The third kappa shape index (κ3) is 3.52. The van der Waals surface area contributed by atoms with Gasteiger partial charge in [-0.2, -0.15) is 0 Å². The van der Waals surface area contributed by atoms with Gasteiger partial charge in [0.05, 0.1) is 11.3 Å². The molecule has 0 saturated carbocycles. The summed E-state index contributed by atoms with van der Waals surface area (Å²) in [6.07, 6.45) is 3.93. The molecular formula is C14H17N5O. The molecule has 0 atom stereocenters. The first kappa shape index (κ1) is 14.0. The van der Waals surface area contributed by atoms with Gasteiger partial charge in [-0.15, -0.1) is 0 Å². The summed E-state index contributed by atoms with van der Waals surface area (Å²) in [5.41, 5.74) is 5.24. The highest BCUT2D eigenvalue weighted by Crippen LogP contribution is 2.13. The Hall–Kier alpha value is -2.47. The summed E-state index contributed by atoms with van der Waals surface area (Å²) in [5, 5.41) is 2.83. The number of nitrogens with zero attached hydrogens (tertiary/aromatic N) is 2. The number of hydrazine groups is 1. The van der Waals surface area contributed by atoms with Gasteiger partial charge in [-0.25, -0.2) is 0 Å². The van der Waals surface area contributed by atoms with E-state index in [2.05, 4.69) is 20.7 Å². The maximum Gasteiger partial charge on any atom is 0.255 e. The van der Waals surface area contributed by atoms with E-state index in [1.54, 1.807) is 12.3 Å². The molecule has 0 fully saturated rings. The van der Waals surface area contributed by atoms with Crippen molar-refractivity contribution in [3.05, 3.63) is 53.6 Å². The molecule has 2 rings (SSSR count). The molecule has 1 amide bonds. The van der Waals surface area contributed by atoms with Crippen LogP contribution >= 0.6 is 0 Å². The van der Waals surface area contributed by atoms with Crippen LogP contribution < -0.4 is 16.6 Å². The number of nitrogen functional groups attached to an aromatic ring is 1. The Labute approximate surface area is 117 Å². The maximum atomic E-state index is 12.1. The molecule has 20 heavy (non-hydrogen) atoms. The van der Waals surface area contributed by atoms with Crippen LogP contribution in [0.4, 0.5) is 5.69 Å². The molecule has 0 aliphatic carbocycles. The van der Waals surface area contributed by atoms with E-state index in [0.717, 1.165) is 11.4 Å². The Morgan fingerprint density at radius 1 is 1.35 bits per heavy atom. The quantitative estimate of drug-likeness (QED) is 0.558. The van der Waals surface area contributed by atoms with Crippen molar-refractivity contribution in [1.82, 2.24) is 15.3 Å². The van der Waals surface area contributed by atoms with Gasteiger partial charge in [-0.1, -0.05) is 6.07 Å². The number of aryl methyl sites for hydroxylation is 1. The monoisotopic (exact) mass is 271 g/mol. The summed E-state index contributed by atoms with van der Waals surface area (Å²) in [6.45, 7) is 2.34. The van der Waals surface area contributed by atoms with Crippen molar-refractivity contribution in [3.63, 3.8) is 0 Å². The van der Waals surface area contributed by atoms with Gasteiger partial charge in [-0.3, -0.25) is 20.6 Å². The van der Waals surface area contributed by atoms with Crippen LogP contribution in [0.3, 0.4) is 0 Å². The normalized spacial score (nSPS) is 10.1. The van der Waals surface area contributed by atoms with Crippen molar-refractivity contribution in [2.75, 3.05) is 12.0 Å². The zero-order valence-electron chi connectivity index (χ0n) is 11.3. The minimum atomic E-state index is -0.207. The van der Waals surface area contributed by atoms with Crippen LogP contribution in [0.25, 0.3) is 0 Å². The van der Waals surface area contributed by atoms with Gasteiger partial charge in [0.2, 0.25) is 0 Å². The molecule has 0 spiro atoms. The van der Waals surface area contributed by atoms with E-state index in [4.69, 9.17) is 5.84 Å². The first-order chi connectivity index (χ1) is 9.70. The van der Waals surface area contributed by atoms with Crippen LogP contribution in [0, 0.1) is 6.92 Å². The smallest absolute Gasteiger partial charge is 0.255 e. The molecular weight excluding hydrogens is 254 g/mol. The number of nitrogens with one attached hydrogen (secondary N) is 2. The third-order valence-corrected chi connectivity index (χ3v) is 2.83. The number of hydrogen-bond donors (Lipinski definition) is 3. The maximum absolute atomic E-state index is 12.1. The highest BCUT2D eigenvalue weighted by molar-refractivity contribution is 5.99. The second-order valence-electron chi connectivity index (χ2n) is 4.34. The molecule has 2 aromatic rings. The average Bonchev–Trinajstić information content (AvgIpc) is 2.48. The van der Waals surface area contributed by atoms with Gasteiger partial charge in [0.15, 0.2) is 0 Å². The second-order valence-corrected chi connectivity index (χ2v) is 4.34. The van der Waals surface area contributed by atoms with E-state index in [0.29, 0.717) is 24.2 Å². The number of carbonyl (C=O) groups is 1. The Morgan fingerprint density at radius 2 is 2.20 bits per heavy atom. The molecule has 104 valence electrons. The molecule has 0 aromatic carbocycles. The van der Waals surface area contributed by atoms with Crippen LogP contribution in [-0.4, -0.2) is 22.4 Å². The van der Waals surface area contributed by atoms with Gasteiger partial charge in [-0.05, 0) is 25.1 Å². The van der Waals surface area contributed by atoms with E-state index in [1.165, 1.54) is 6.20 Å². The van der Waals surface area contributed by atoms with Crippen molar-refractivity contribution in [3.8, 4) is 0 Å². The minimum Gasteiger partial charge on any atom is -0.352 e. The van der Waals surface area contributed by atoms with E-state index in [9.17, 15) is 4.79 Å². The lowest BCUT2D eigenvalue weighted by Crippen LogP contribution is -2.27. The summed E-state index contributed by atoms with van der Waals surface area (Å²) in [7, 11) is 0. The van der Waals surface area contributed by atoms with Crippen molar-refractivity contribution < 1.29 is 4.79 Å². The number of pyridine rings is 2. The number of rotatable bonds is 5. The van der Waals surface area contributed by atoms with E-state index in [-0.39, 0.29) is 5.91 Å². The predicted molar refractivity (Wildman–Crippen MR) is 77.1 cm³/mol. The lowest BCUT2D eigenvalue weighted by Gasteiger charge is -2.09. The predicted octanol–water partition coefficient (Wildman–Crippen LogP) is 1.04. The van der Waals surface area contributed by atoms with Crippen molar-refractivity contribution >= 4 is 11.6 Å². The summed E-state index contributed by atoms with van der Waals surface area (Å²) in [5.74, 6) is 5.20. The van der Waals surface area contributed by atoms with E-state index in [1.807, 2.05) is 25.1 Å². The molecule has 0 unspecified atom stereocenters. The van der Waals surface area contributed by atoms with Gasteiger partial charge in [0.25, 0.3) is 5.91 Å². The SMILES string of the molecule is Cc1cc(NN)c(C(=O)NCCc2ccccn2)cn1. The van der Waals surface area contributed by atoms with Gasteiger partial charge < -0.3 is 10.7 Å². The topological polar surface area (TPSA) is 92.9 Å². The number of aromatic nitrogens is 2. The Balaban J connectivity index is 1.95. The van der Waals surface area contributed by atoms with Crippen LogP contribution in [0.15, 0.2) is 36.7 Å². The molecule has 4 N–H and O–H groups in total. The molecule has 0 bridgehead atoms. The van der Waals surface area contributed by atoms with Crippen molar-refractivity contribution in [2.24, 2.45) is 5.84 Å². The summed E-state index contributed by atoms with van der Waals surface area (Å²) in [6, 6.07) is 7.43. The lowest BCUT2D eigenvalue weighted by atomic mass is 10.2. The van der Waals surface area contributed by atoms with Gasteiger partial charge in [0.1, 0.15) is 0 Å². The molecule has 0 radical (unpaired) electrons. The Bertz CT molecular complexity index is 585. The highest BCUT2D eigenvalue weighted by atomic mass is 16.1. The Morgan fingerprint density at radius 3 is 2.90 bits per heavy atom. The first-order valence-corrected chi connectivity index (χ1v) is 6.32. The van der Waals surface area contributed by atoms with Crippen LogP contribution in [0.2, 0.25) is 0 Å². The van der Waals surface area contributed by atoms with E-state index < -0.39 is 0 Å². The van der Waals surface area contributed by atoms with Crippen LogP contribution in [0.5, 0.6) is 0 Å². The zero-order chi connectivity index (χ0) is 14.4. The molecule has 6 nitrogen and oxygen atoms in total. The number of carbonyl (C=O) groups excluding carboxylic acids is 1. The molecule has 0 aliphatic heterocycles. The molecule has 0 saturated heterocycles. The van der Waals surface area contributed by atoms with Crippen LogP contribution in [-0.2, 0) is 6.42 Å². The molecule has 2 aromatic heterocycles. The minimum absolute atomic E-state index is 0.207. The van der Waals surface area contributed by atoms with Crippen LogP contribution in [0.1, 0.15) is 21.7 Å². The Kier molecular flexibility index (Phi) is 4.62. The summed E-state index contributed by atoms with van der Waals surface area (Å²) in [4.78, 5) is 20.4. The lowest BCUT2D eigenvalue weighted by molar-refractivity contribution is 0.0954. The molecule has 6 heteroatoms. The standard InChI is InChI=1S/C14H17N5O/c1-10-8-13(19-15)12(9-18-10)14(20)17-7-5-11-4-2-3-6-16-11/h2-4,6,8-9H,5,7,15H2,1H3,(H,17,20)(H,18,19). The highest BCUT2D eigenvalue weighted by Gasteiger charge is 2.11. The van der Waals surface area contributed by atoms with Crippen molar-refractivity contribution in [1.29, 1.82) is 0 Å². The fourth-order valence-electron chi connectivity index (χ4n) is 1.81. The largest absolute Gasteiger partial charge is 0.352 e. The number of amides is 1. The number of anilines is 1. The zero-order valence-corrected chi connectivity index (χ0v) is 11.3. The third-order valence-electron chi connectivity index (χ3n) is 2.83. The number of hydrogen-bond acceptors (Lipinski definition) is 5. The van der Waals surface area contributed by atoms with E-state index >= 15 is 0 Å².